The van der Waals surface area contributed by atoms with E-state index in [1.54, 1.807) is 0 Å². The quantitative estimate of drug-likeness (QED) is 0.579. The molecule has 0 aromatic heterocycles. The molecule has 0 spiro atoms. The fourth-order valence-corrected chi connectivity index (χ4v) is 1.16. The molecule has 0 aliphatic heterocycles. The predicted molar refractivity (Wildman–Crippen MR) is 57.7 cm³/mol. The summed E-state index contributed by atoms with van der Waals surface area (Å²) in [5, 5.41) is 0. The van der Waals surface area contributed by atoms with Gasteiger partial charge in [-0.1, -0.05) is 15.9 Å². The highest BCUT2D eigenvalue weighted by Crippen LogP contribution is 2.16. The molecule has 13 heavy (non-hydrogen) atoms. The smallest absolute Gasteiger partial charge is 0.119 e. The van der Waals surface area contributed by atoms with E-state index in [1.165, 1.54) is 0 Å². The van der Waals surface area contributed by atoms with E-state index in [0.29, 0.717) is 6.61 Å². The molecular weight excluding hydrogens is 228 g/mol. The molecule has 0 heterocycles. The van der Waals surface area contributed by atoms with E-state index in [0.717, 1.165) is 23.1 Å². The molecule has 0 atom stereocenters. The second-order valence-corrected chi connectivity index (χ2v) is 3.53. The van der Waals surface area contributed by atoms with Gasteiger partial charge in [-0.05, 0) is 30.7 Å². The lowest BCUT2D eigenvalue weighted by Crippen LogP contribution is -1.95. The molecule has 1 aromatic carbocycles. The maximum atomic E-state index is 5.45. The Bertz CT molecular complexity index is 284. The second-order valence-electron chi connectivity index (χ2n) is 2.61. The number of halogens is 1. The Balaban J connectivity index is 2.30. The van der Waals surface area contributed by atoms with E-state index in [9.17, 15) is 0 Å². The SMILES string of the molecule is C#CCCCOc1ccc(Br)cc1. The van der Waals surface area contributed by atoms with Crippen LogP contribution in [0.1, 0.15) is 12.8 Å². The normalized spacial score (nSPS) is 9.23. The summed E-state index contributed by atoms with van der Waals surface area (Å²) >= 11 is 3.36. The van der Waals surface area contributed by atoms with Crippen molar-refractivity contribution in [1.82, 2.24) is 0 Å². The molecule has 0 radical (unpaired) electrons. The Morgan fingerprint density at radius 2 is 2.00 bits per heavy atom. The van der Waals surface area contributed by atoms with Crippen molar-refractivity contribution in [2.75, 3.05) is 6.61 Å². The van der Waals surface area contributed by atoms with E-state index in [4.69, 9.17) is 11.2 Å². The molecule has 0 aliphatic carbocycles. The predicted octanol–water partition coefficient (Wildman–Crippen LogP) is 3.24. The first-order valence-corrected chi connectivity index (χ1v) is 4.94. The third kappa shape index (κ3) is 4.00. The number of unbranched alkanes of at least 4 members (excludes halogenated alkanes) is 1. The second kappa shape index (κ2) is 5.66. The van der Waals surface area contributed by atoms with Gasteiger partial charge in [0.05, 0.1) is 6.61 Å². The van der Waals surface area contributed by atoms with Crippen LogP contribution in [0.15, 0.2) is 28.7 Å². The zero-order valence-electron chi connectivity index (χ0n) is 7.29. The Hall–Kier alpha value is -0.940. The Morgan fingerprint density at radius 1 is 1.31 bits per heavy atom. The van der Waals surface area contributed by atoms with Crippen molar-refractivity contribution in [3.8, 4) is 18.1 Å². The van der Waals surface area contributed by atoms with Crippen molar-refractivity contribution in [3.63, 3.8) is 0 Å². The highest BCUT2D eigenvalue weighted by atomic mass is 79.9. The zero-order chi connectivity index (χ0) is 9.52. The van der Waals surface area contributed by atoms with Gasteiger partial charge in [-0.3, -0.25) is 0 Å². The van der Waals surface area contributed by atoms with E-state index in [1.807, 2.05) is 24.3 Å². The number of rotatable bonds is 4. The minimum absolute atomic E-state index is 0.686. The summed E-state index contributed by atoms with van der Waals surface area (Å²) < 4.78 is 6.51. The average Bonchev–Trinajstić information content (AvgIpc) is 2.15. The van der Waals surface area contributed by atoms with Gasteiger partial charge in [0.15, 0.2) is 0 Å². The Kier molecular flexibility index (Phi) is 4.42. The average molecular weight is 239 g/mol. The topological polar surface area (TPSA) is 9.23 Å². The molecule has 0 aliphatic rings. The van der Waals surface area contributed by atoms with Crippen molar-refractivity contribution in [3.05, 3.63) is 28.7 Å². The van der Waals surface area contributed by atoms with E-state index in [2.05, 4.69) is 21.9 Å². The maximum Gasteiger partial charge on any atom is 0.119 e. The molecule has 0 saturated carbocycles. The molecule has 0 amide bonds. The van der Waals surface area contributed by atoms with Crippen LogP contribution in [0.2, 0.25) is 0 Å². The summed E-state index contributed by atoms with van der Waals surface area (Å²) in [6, 6.07) is 7.77. The molecular formula is C11H11BrO. The van der Waals surface area contributed by atoms with E-state index in [-0.39, 0.29) is 0 Å². The summed E-state index contributed by atoms with van der Waals surface area (Å²) in [6.07, 6.45) is 6.80. The standard InChI is InChI=1S/C11H11BrO/c1-2-3-4-9-13-11-7-5-10(12)6-8-11/h1,5-8H,3-4,9H2. The summed E-state index contributed by atoms with van der Waals surface area (Å²) in [5.41, 5.74) is 0. The molecule has 0 N–H and O–H groups in total. The number of ether oxygens (including phenoxy) is 1. The number of benzene rings is 1. The maximum absolute atomic E-state index is 5.45. The third-order valence-corrected chi connectivity index (χ3v) is 2.08. The summed E-state index contributed by atoms with van der Waals surface area (Å²) in [7, 11) is 0. The van der Waals surface area contributed by atoms with Crippen LogP contribution in [0.5, 0.6) is 5.75 Å². The third-order valence-electron chi connectivity index (χ3n) is 1.55. The molecule has 0 bridgehead atoms. The van der Waals surface area contributed by atoms with Gasteiger partial charge in [0.1, 0.15) is 5.75 Å². The summed E-state index contributed by atoms with van der Waals surface area (Å²) in [4.78, 5) is 0. The molecule has 1 rings (SSSR count). The van der Waals surface area contributed by atoms with Crippen LogP contribution in [0.25, 0.3) is 0 Å². The number of terminal acetylenes is 1. The van der Waals surface area contributed by atoms with Crippen molar-refractivity contribution in [2.24, 2.45) is 0 Å². The zero-order valence-corrected chi connectivity index (χ0v) is 8.88. The van der Waals surface area contributed by atoms with Crippen LogP contribution in [-0.4, -0.2) is 6.61 Å². The van der Waals surface area contributed by atoms with Crippen molar-refractivity contribution < 1.29 is 4.74 Å². The highest BCUT2D eigenvalue weighted by molar-refractivity contribution is 9.10. The van der Waals surface area contributed by atoms with Gasteiger partial charge in [-0.15, -0.1) is 12.3 Å². The lowest BCUT2D eigenvalue weighted by Gasteiger charge is -2.03. The van der Waals surface area contributed by atoms with Gasteiger partial charge < -0.3 is 4.74 Å². The molecule has 2 heteroatoms. The molecule has 0 unspecified atom stereocenters. The number of hydrogen-bond acceptors (Lipinski definition) is 1. The van der Waals surface area contributed by atoms with E-state index < -0.39 is 0 Å². The first kappa shape index (κ1) is 10.1. The molecule has 68 valence electrons. The van der Waals surface area contributed by atoms with Crippen LogP contribution < -0.4 is 4.74 Å². The fourth-order valence-electron chi connectivity index (χ4n) is 0.895. The van der Waals surface area contributed by atoms with Gasteiger partial charge in [-0.25, -0.2) is 0 Å². The van der Waals surface area contributed by atoms with Gasteiger partial charge in [0.25, 0.3) is 0 Å². The first-order valence-electron chi connectivity index (χ1n) is 4.15. The monoisotopic (exact) mass is 238 g/mol. The van der Waals surface area contributed by atoms with Crippen LogP contribution in [0.3, 0.4) is 0 Å². The van der Waals surface area contributed by atoms with Gasteiger partial charge in [-0.2, -0.15) is 0 Å². The molecule has 0 fully saturated rings. The van der Waals surface area contributed by atoms with E-state index >= 15 is 0 Å². The molecule has 1 aromatic rings. The van der Waals surface area contributed by atoms with Gasteiger partial charge in [0.2, 0.25) is 0 Å². The minimum atomic E-state index is 0.686. The van der Waals surface area contributed by atoms with Gasteiger partial charge in [0, 0.05) is 10.9 Å². The van der Waals surface area contributed by atoms with Crippen LogP contribution in [0, 0.1) is 12.3 Å². The minimum Gasteiger partial charge on any atom is -0.494 e. The van der Waals surface area contributed by atoms with Crippen LogP contribution in [0.4, 0.5) is 0 Å². The lowest BCUT2D eigenvalue weighted by molar-refractivity contribution is 0.313. The van der Waals surface area contributed by atoms with Crippen LogP contribution in [-0.2, 0) is 0 Å². The Morgan fingerprint density at radius 3 is 2.62 bits per heavy atom. The molecule has 0 saturated heterocycles. The Labute approximate surface area is 87.2 Å². The summed E-state index contributed by atoms with van der Waals surface area (Å²) in [6.45, 7) is 0.686. The van der Waals surface area contributed by atoms with Gasteiger partial charge >= 0.3 is 0 Å². The highest BCUT2D eigenvalue weighted by Gasteiger charge is 1.92. The molecule has 1 nitrogen and oxygen atoms in total. The van der Waals surface area contributed by atoms with Crippen molar-refractivity contribution in [2.45, 2.75) is 12.8 Å². The largest absolute Gasteiger partial charge is 0.494 e. The summed E-state index contributed by atoms with van der Waals surface area (Å²) in [5.74, 6) is 3.46. The lowest BCUT2D eigenvalue weighted by atomic mass is 10.3. The van der Waals surface area contributed by atoms with Crippen LogP contribution >= 0.6 is 15.9 Å². The number of hydrogen-bond donors (Lipinski definition) is 0. The fraction of sp³-hybridized carbons (Fsp3) is 0.273. The van der Waals surface area contributed by atoms with Crippen molar-refractivity contribution >= 4 is 15.9 Å². The van der Waals surface area contributed by atoms with Crippen molar-refractivity contribution in [1.29, 1.82) is 0 Å². The first-order chi connectivity index (χ1) is 6.33.